The molecule has 2 aromatic heterocycles. The summed E-state index contributed by atoms with van der Waals surface area (Å²) in [6, 6.07) is 17.7. The van der Waals surface area contributed by atoms with Crippen LogP contribution in [0.15, 0.2) is 72.1 Å². The van der Waals surface area contributed by atoms with Crippen LogP contribution in [0.5, 0.6) is 0 Å². The van der Waals surface area contributed by atoms with E-state index in [0.29, 0.717) is 22.4 Å². The van der Waals surface area contributed by atoms with E-state index < -0.39 is 0 Å². The molecule has 8 heteroatoms. The zero-order valence-electron chi connectivity index (χ0n) is 17.7. The molecular weight excluding hydrogens is 442 g/mol. The van der Waals surface area contributed by atoms with E-state index in [4.69, 9.17) is 11.6 Å². The number of anilines is 1. The molecule has 0 aliphatic rings. The highest BCUT2D eigenvalue weighted by atomic mass is 35.5. The van der Waals surface area contributed by atoms with Gasteiger partial charge >= 0.3 is 0 Å². The summed E-state index contributed by atoms with van der Waals surface area (Å²) >= 11 is 7.67. The Morgan fingerprint density at radius 3 is 2.53 bits per heavy atom. The van der Waals surface area contributed by atoms with Gasteiger partial charge in [0.05, 0.1) is 23.0 Å². The van der Waals surface area contributed by atoms with Crippen LogP contribution in [0.25, 0.3) is 11.4 Å². The third-order valence-corrected chi connectivity index (χ3v) is 6.13. The lowest BCUT2D eigenvalue weighted by atomic mass is 10.1. The van der Waals surface area contributed by atoms with Crippen LogP contribution in [0.2, 0.25) is 5.02 Å². The first-order valence-electron chi connectivity index (χ1n) is 10.1. The maximum absolute atomic E-state index is 12.7. The molecule has 162 valence electrons. The van der Waals surface area contributed by atoms with Gasteiger partial charge in [0.2, 0.25) is 5.91 Å². The van der Waals surface area contributed by atoms with Gasteiger partial charge in [-0.2, -0.15) is 0 Å². The Labute approximate surface area is 196 Å². The Morgan fingerprint density at radius 2 is 1.81 bits per heavy atom. The highest BCUT2D eigenvalue weighted by Gasteiger charge is 2.17. The minimum Gasteiger partial charge on any atom is -0.324 e. The number of pyridine rings is 1. The number of aryl methyl sites for hydroxylation is 2. The number of halogens is 1. The van der Waals surface area contributed by atoms with E-state index in [1.807, 2.05) is 60.9 Å². The standard InChI is InChI=1S/C24H22ClN5OS/c1-16-12-17(2)22(20(25)13-16)27-21(31)15-32-24-29-28-23(19-8-10-26-11-9-19)30(24)14-18-6-4-3-5-7-18/h3-13H,14-15H2,1-2H3,(H,27,31). The van der Waals surface area contributed by atoms with Crippen LogP contribution in [0, 0.1) is 13.8 Å². The molecule has 0 radical (unpaired) electrons. The lowest BCUT2D eigenvalue weighted by molar-refractivity contribution is -0.113. The first-order valence-corrected chi connectivity index (χ1v) is 11.4. The topological polar surface area (TPSA) is 72.7 Å². The van der Waals surface area contributed by atoms with Gasteiger partial charge < -0.3 is 5.32 Å². The van der Waals surface area contributed by atoms with Crippen LogP contribution >= 0.6 is 23.4 Å². The Hall–Kier alpha value is -3.16. The van der Waals surface area contributed by atoms with Crippen molar-refractivity contribution in [3.05, 3.63) is 88.7 Å². The number of rotatable bonds is 7. The number of amides is 1. The predicted molar refractivity (Wildman–Crippen MR) is 129 cm³/mol. The van der Waals surface area contributed by atoms with E-state index in [9.17, 15) is 4.79 Å². The van der Waals surface area contributed by atoms with Crippen molar-refractivity contribution in [3.63, 3.8) is 0 Å². The number of nitrogens with zero attached hydrogens (tertiary/aromatic N) is 4. The molecule has 2 heterocycles. The van der Waals surface area contributed by atoms with E-state index in [0.717, 1.165) is 28.1 Å². The normalized spacial score (nSPS) is 10.8. The Bertz CT molecular complexity index is 1200. The maximum atomic E-state index is 12.7. The van der Waals surface area contributed by atoms with E-state index in [2.05, 4.69) is 32.6 Å². The molecular formula is C24H22ClN5OS. The van der Waals surface area contributed by atoms with Crippen molar-refractivity contribution in [1.29, 1.82) is 0 Å². The van der Waals surface area contributed by atoms with Crippen LogP contribution in [0.1, 0.15) is 16.7 Å². The molecule has 6 nitrogen and oxygen atoms in total. The van der Waals surface area contributed by atoms with Gasteiger partial charge in [-0.1, -0.05) is 59.8 Å². The van der Waals surface area contributed by atoms with Crippen molar-refractivity contribution >= 4 is 35.0 Å². The summed E-state index contributed by atoms with van der Waals surface area (Å²) in [5, 5.41) is 12.9. The second-order valence-corrected chi connectivity index (χ2v) is 8.74. The van der Waals surface area contributed by atoms with Crippen LogP contribution < -0.4 is 5.32 Å². The van der Waals surface area contributed by atoms with E-state index in [1.165, 1.54) is 11.8 Å². The first kappa shape index (κ1) is 22.0. The summed E-state index contributed by atoms with van der Waals surface area (Å²) in [7, 11) is 0. The molecule has 0 saturated heterocycles. The van der Waals surface area contributed by atoms with Crippen LogP contribution in [0.3, 0.4) is 0 Å². The van der Waals surface area contributed by atoms with Crippen molar-refractivity contribution in [2.75, 3.05) is 11.1 Å². The molecule has 4 rings (SSSR count). The fraction of sp³-hybridized carbons (Fsp3) is 0.167. The lowest BCUT2D eigenvalue weighted by Crippen LogP contribution is -2.16. The quantitative estimate of drug-likeness (QED) is 0.372. The number of hydrogen-bond acceptors (Lipinski definition) is 5. The number of thioether (sulfide) groups is 1. The summed E-state index contributed by atoms with van der Waals surface area (Å²) in [6.07, 6.45) is 3.45. The maximum Gasteiger partial charge on any atom is 0.234 e. The summed E-state index contributed by atoms with van der Waals surface area (Å²) in [5.74, 6) is 0.771. The first-order chi connectivity index (χ1) is 15.5. The minimum atomic E-state index is -0.149. The van der Waals surface area contributed by atoms with Gasteiger partial charge in [0.15, 0.2) is 11.0 Å². The molecule has 1 N–H and O–H groups in total. The zero-order valence-corrected chi connectivity index (χ0v) is 19.3. The molecule has 0 unspecified atom stereocenters. The number of benzene rings is 2. The third kappa shape index (κ3) is 5.18. The summed E-state index contributed by atoms with van der Waals surface area (Å²) < 4.78 is 2.02. The van der Waals surface area contributed by atoms with Gasteiger partial charge in [0.25, 0.3) is 0 Å². The van der Waals surface area contributed by atoms with Crippen molar-refractivity contribution < 1.29 is 4.79 Å². The summed E-state index contributed by atoms with van der Waals surface area (Å²) in [5.41, 5.74) is 4.67. The molecule has 2 aromatic carbocycles. The average molecular weight is 464 g/mol. The van der Waals surface area contributed by atoms with Crippen LogP contribution in [-0.4, -0.2) is 31.4 Å². The van der Waals surface area contributed by atoms with Crippen LogP contribution in [-0.2, 0) is 11.3 Å². The Balaban J connectivity index is 1.54. The third-order valence-electron chi connectivity index (χ3n) is 4.87. The molecule has 0 aliphatic heterocycles. The average Bonchev–Trinajstić information content (AvgIpc) is 3.18. The molecule has 32 heavy (non-hydrogen) atoms. The second-order valence-electron chi connectivity index (χ2n) is 7.39. The van der Waals surface area contributed by atoms with Gasteiger partial charge in [-0.25, -0.2) is 0 Å². The van der Waals surface area contributed by atoms with Gasteiger partial charge in [0, 0.05) is 18.0 Å². The summed E-state index contributed by atoms with van der Waals surface area (Å²) in [4.78, 5) is 16.7. The zero-order chi connectivity index (χ0) is 22.5. The second kappa shape index (κ2) is 9.97. The highest BCUT2D eigenvalue weighted by Crippen LogP contribution is 2.29. The van der Waals surface area contributed by atoms with Crippen LogP contribution in [0.4, 0.5) is 5.69 Å². The minimum absolute atomic E-state index is 0.149. The van der Waals surface area contributed by atoms with Crippen molar-refractivity contribution in [2.24, 2.45) is 0 Å². The van der Waals surface area contributed by atoms with Crippen molar-refractivity contribution in [3.8, 4) is 11.4 Å². The molecule has 4 aromatic rings. The Morgan fingerprint density at radius 1 is 1.06 bits per heavy atom. The molecule has 0 aliphatic carbocycles. The molecule has 0 fully saturated rings. The molecule has 0 spiro atoms. The van der Waals surface area contributed by atoms with Gasteiger partial charge in [-0.05, 0) is 48.7 Å². The molecule has 0 atom stereocenters. The van der Waals surface area contributed by atoms with Gasteiger partial charge in [-0.3, -0.25) is 14.3 Å². The summed E-state index contributed by atoms with van der Waals surface area (Å²) in [6.45, 7) is 4.50. The van der Waals surface area contributed by atoms with E-state index in [1.54, 1.807) is 12.4 Å². The monoisotopic (exact) mass is 463 g/mol. The fourth-order valence-electron chi connectivity index (χ4n) is 3.40. The smallest absolute Gasteiger partial charge is 0.234 e. The molecule has 0 bridgehead atoms. The van der Waals surface area contributed by atoms with E-state index in [-0.39, 0.29) is 11.7 Å². The van der Waals surface area contributed by atoms with Gasteiger partial charge in [-0.15, -0.1) is 10.2 Å². The lowest BCUT2D eigenvalue weighted by Gasteiger charge is -2.12. The largest absolute Gasteiger partial charge is 0.324 e. The molecule has 0 saturated carbocycles. The molecule has 1 amide bonds. The fourth-order valence-corrected chi connectivity index (χ4v) is 4.50. The van der Waals surface area contributed by atoms with Crippen molar-refractivity contribution in [2.45, 2.75) is 25.5 Å². The van der Waals surface area contributed by atoms with Crippen molar-refractivity contribution in [1.82, 2.24) is 19.7 Å². The van der Waals surface area contributed by atoms with Gasteiger partial charge in [0.1, 0.15) is 0 Å². The van der Waals surface area contributed by atoms with E-state index >= 15 is 0 Å². The number of carbonyl (C=O) groups excluding carboxylic acids is 1. The predicted octanol–water partition coefficient (Wildman–Crippen LogP) is 5.39. The number of aromatic nitrogens is 4. The highest BCUT2D eigenvalue weighted by molar-refractivity contribution is 7.99. The number of nitrogens with one attached hydrogen (secondary N) is 1. The Kier molecular flexibility index (Phi) is 6.87. The number of hydrogen-bond donors (Lipinski definition) is 1. The SMILES string of the molecule is Cc1cc(C)c(NC(=O)CSc2nnc(-c3ccncc3)n2Cc2ccccc2)c(Cl)c1. The number of carbonyl (C=O) groups is 1.